The van der Waals surface area contributed by atoms with Crippen LogP contribution in [0.3, 0.4) is 0 Å². The van der Waals surface area contributed by atoms with E-state index in [0.717, 1.165) is 20.9 Å². The van der Waals surface area contributed by atoms with Gasteiger partial charge in [0, 0.05) is 16.3 Å². The van der Waals surface area contributed by atoms with Crippen LogP contribution in [0.2, 0.25) is 5.02 Å². The second kappa shape index (κ2) is 5.65. The van der Waals surface area contributed by atoms with Gasteiger partial charge in [-0.05, 0) is 22.9 Å². The highest BCUT2D eigenvalue weighted by Crippen LogP contribution is 2.39. The fourth-order valence-electron chi connectivity index (χ4n) is 2.57. The summed E-state index contributed by atoms with van der Waals surface area (Å²) < 4.78 is 1.03. The van der Waals surface area contributed by atoms with Crippen molar-refractivity contribution in [3.05, 3.63) is 70.8 Å². The van der Waals surface area contributed by atoms with E-state index in [1.807, 2.05) is 30.3 Å². The van der Waals surface area contributed by atoms with Crippen molar-refractivity contribution in [2.24, 2.45) is 0 Å². The van der Waals surface area contributed by atoms with Crippen molar-refractivity contribution in [2.75, 3.05) is 5.32 Å². The maximum atomic E-state index is 12.5. The van der Waals surface area contributed by atoms with Gasteiger partial charge in [0.05, 0.1) is 16.9 Å². The summed E-state index contributed by atoms with van der Waals surface area (Å²) in [7, 11) is 0. The number of rotatable bonds is 2. The monoisotopic (exact) mass is 338 g/mol. The van der Waals surface area contributed by atoms with Crippen LogP contribution in [0.4, 0.5) is 5.69 Å². The molecule has 0 spiro atoms. The summed E-state index contributed by atoms with van der Waals surface area (Å²) in [5, 5.41) is 6.48. The molecule has 0 aliphatic carbocycles. The third-order valence-electron chi connectivity index (χ3n) is 3.65. The van der Waals surface area contributed by atoms with Gasteiger partial charge in [0.1, 0.15) is 4.88 Å². The summed E-state index contributed by atoms with van der Waals surface area (Å²) in [6.45, 7) is 0. The first kappa shape index (κ1) is 14.2. The van der Waals surface area contributed by atoms with Crippen molar-refractivity contribution >= 4 is 55.4 Å². The van der Waals surface area contributed by atoms with Gasteiger partial charge in [-0.2, -0.15) is 0 Å². The lowest BCUT2D eigenvalue weighted by atomic mass is 10.1. The molecule has 0 aliphatic heterocycles. The highest BCUT2D eigenvalue weighted by atomic mass is 35.5. The number of benzene rings is 2. The number of fused-ring (bicyclic) bond motifs is 3. The van der Waals surface area contributed by atoms with Crippen LogP contribution in [-0.2, 0) is 0 Å². The van der Waals surface area contributed by atoms with E-state index in [4.69, 9.17) is 11.6 Å². The Kier molecular flexibility index (Phi) is 3.48. The van der Waals surface area contributed by atoms with Crippen molar-refractivity contribution in [1.82, 2.24) is 4.98 Å². The van der Waals surface area contributed by atoms with Crippen molar-refractivity contribution in [1.29, 1.82) is 0 Å². The molecule has 2 aromatic carbocycles. The molecule has 112 valence electrons. The van der Waals surface area contributed by atoms with Gasteiger partial charge in [-0.25, -0.2) is 0 Å². The molecule has 0 aliphatic rings. The number of anilines is 1. The molecule has 0 unspecified atom stereocenters. The van der Waals surface area contributed by atoms with Crippen LogP contribution >= 0.6 is 22.9 Å². The number of halogens is 1. The number of aromatic nitrogens is 1. The molecule has 5 heteroatoms. The zero-order chi connectivity index (χ0) is 15.8. The van der Waals surface area contributed by atoms with Crippen LogP contribution in [0, 0.1) is 0 Å². The van der Waals surface area contributed by atoms with E-state index in [2.05, 4.69) is 16.4 Å². The van der Waals surface area contributed by atoms with Crippen LogP contribution < -0.4 is 5.32 Å². The number of hydrogen-bond donors (Lipinski definition) is 1. The first-order valence-electron chi connectivity index (χ1n) is 7.05. The summed E-state index contributed by atoms with van der Waals surface area (Å²) in [6.07, 6.45) is 3.27. The Hall–Kier alpha value is -2.43. The van der Waals surface area contributed by atoms with Crippen LogP contribution in [0.15, 0.2) is 60.9 Å². The second-order valence-electron chi connectivity index (χ2n) is 5.10. The molecule has 3 nitrogen and oxygen atoms in total. The van der Waals surface area contributed by atoms with Gasteiger partial charge in [0.2, 0.25) is 0 Å². The Morgan fingerprint density at radius 1 is 1.04 bits per heavy atom. The maximum absolute atomic E-state index is 12.5. The van der Waals surface area contributed by atoms with E-state index in [-0.39, 0.29) is 5.91 Å². The van der Waals surface area contributed by atoms with Gasteiger partial charge in [0.25, 0.3) is 5.91 Å². The number of carbonyl (C=O) groups is 1. The van der Waals surface area contributed by atoms with E-state index in [9.17, 15) is 4.79 Å². The molecule has 0 saturated heterocycles. The van der Waals surface area contributed by atoms with Crippen molar-refractivity contribution < 1.29 is 4.79 Å². The SMILES string of the molecule is O=C(Nc1cccnc1)c1sc2c(ccc3ccccc32)c1Cl. The summed E-state index contributed by atoms with van der Waals surface area (Å²) in [6, 6.07) is 15.7. The standard InChI is InChI=1S/C18H11ClN2OS/c19-15-14-8-7-11-4-1-2-6-13(11)16(14)23-17(15)18(22)21-12-5-3-9-20-10-12/h1-10H,(H,21,22). The van der Waals surface area contributed by atoms with Crippen molar-refractivity contribution in [3.63, 3.8) is 0 Å². The molecule has 0 fully saturated rings. The molecular formula is C18H11ClN2OS. The quantitative estimate of drug-likeness (QED) is 0.535. The van der Waals surface area contributed by atoms with Gasteiger partial charge < -0.3 is 5.32 Å². The number of thiophene rings is 1. The molecule has 0 bridgehead atoms. The second-order valence-corrected chi connectivity index (χ2v) is 6.50. The molecule has 1 N–H and O–H groups in total. The lowest BCUT2D eigenvalue weighted by Crippen LogP contribution is -2.10. The van der Waals surface area contributed by atoms with Crippen LogP contribution in [0.5, 0.6) is 0 Å². The minimum atomic E-state index is -0.215. The highest BCUT2D eigenvalue weighted by molar-refractivity contribution is 7.22. The van der Waals surface area contributed by atoms with E-state index < -0.39 is 0 Å². The normalized spacial score (nSPS) is 11.0. The Bertz CT molecular complexity index is 1030. The minimum Gasteiger partial charge on any atom is -0.320 e. The molecule has 4 aromatic rings. The Labute approximate surface area is 141 Å². The fourth-order valence-corrected chi connectivity index (χ4v) is 4.10. The largest absolute Gasteiger partial charge is 0.320 e. The van der Waals surface area contributed by atoms with Crippen molar-refractivity contribution in [2.45, 2.75) is 0 Å². The fraction of sp³-hybridized carbons (Fsp3) is 0. The average Bonchev–Trinajstić information content (AvgIpc) is 2.93. The Morgan fingerprint density at radius 2 is 1.91 bits per heavy atom. The van der Waals surface area contributed by atoms with E-state index in [1.54, 1.807) is 24.5 Å². The van der Waals surface area contributed by atoms with E-state index >= 15 is 0 Å². The molecular weight excluding hydrogens is 328 g/mol. The first-order chi connectivity index (χ1) is 11.2. The summed E-state index contributed by atoms with van der Waals surface area (Å²) >= 11 is 7.87. The molecule has 1 amide bonds. The summed E-state index contributed by atoms with van der Waals surface area (Å²) in [4.78, 5) is 17.0. The Morgan fingerprint density at radius 3 is 2.74 bits per heavy atom. The highest BCUT2D eigenvalue weighted by Gasteiger charge is 2.18. The number of carbonyl (C=O) groups excluding carboxylic acids is 1. The van der Waals surface area contributed by atoms with Gasteiger partial charge in [-0.1, -0.05) is 48.0 Å². The van der Waals surface area contributed by atoms with E-state index in [1.165, 1.54) is 11.3 Å². The van der Waals surface area contributed by atoms with Gasteiger partial charge in [-0.15, -0.1) is 11.3 Å². The number of hydrogen-bond acceptors (Lipinski definition) is 3. The molecule has 2 heterocycles. The number of pyridine rings is 1. The predicted molar refractivity (Wildman–Crippen MR) is 96.5 cm³/mol. The number of nitrogens with one attached hydrogen (secondary N) is 1. The zero-order valence-electron chi connectivity index (χ0n) is 11.9. The van der Waals surface area contributed by atoms with E-state index in [0.29, 0.717) is 15.6 Å². The molecule has 0 saturated carbocycles. The van der Waals surface area contributed by atoms with Crippen molar-refractivity contribution in [3.8, 4) is 0 Å². The van der Waals surface area contributed by atoms with Crippen LogP contribution in [0.1, 0.15) is 9.67 Å². The third kappa shape index (κ3) is 2.46. The molecule has 4 rings (SSSR count). The van der Waals surface area contributed by atoms with Gasteiger partial charge in [0.15, 0.2) is 0 Å². The first-order valence-corrected chi connectivity index (χ1v) is 8.24. The molecule has 0 radical (unpaired) electrons. The van der Waals surface area contributed by atoms with Gasteiger partial charge >= 0.3 is 0 Å². The zero-order valence-corrected chi connectivity index (χ0v) is 13.5. The lowest BCUT2D eigenvalue weighted by Gasteiger charge is -2.02. The topological polar surface area (TPSA) is 42.0 Å². The smallest absolute Gasteiger partial charge is 0.267 e. The van der Waals surface area contributed by atoms with Crippen LogP contribution in [-0.4, -0.2) is 10.9 Å². The molecule has 23 heavy (non-hydrogen) atoms. The number of amides is 1. The summed E-state index contributed by atoms with van der Waals surface area (Å²) in [5.41, 5.74) is 0.649. The maximum Gasteiger partial charge on any atom is 0.267 e. The summed E-state index contributed by atoms with van der Waals surface area (Å²) in [5.74, 6) is -0.215. The number of nitrogens with zero attached hydrogens (tertiary/aromatic N) is 1. The van der Waals surface area contributed by atoms with Gasteiger partial charge in [-0.3, -0.25) is 9.78 Å². The van der Waals surface area contributed by atoms with Crippen LogP contribution in [0.25, 0.3) is 20.9 Å². The third-order valence-corrected chi connectivity index (χ3v) is 5.39. The minimum absolute atomic E-state index is 0.215. The average molecular weight is 339 g/mol. The Balaban J connectivity index is 1.83. The molecule has 0 atom stereocenters. The predicted octanol–water partition coefficient (Wildman–Crippen LogP) is 5.36. The lowest BCUT2D eigenvalue weighted by molar-refractivity contribution is 0.103. The molecule has 2 aromatic heterocycles.